The number of aromatic nitrogens is 1. The largest absolute Gasteiger partial charge is 0.497 e. The number of nitrogens with zero attached hydrogens (tertiary/aromatic N) is 2. The number of nitrogens with one attached hydrogen (secondary N) is 4. The van der Waals surface area contributed by atoms with Gasteiger partial charge < -0.3 is 36.3 Å². The minimum atomic E-state index is -1.14. The third kappa shape index (κ3) is 9.30. The van der Waals surface area contributed by atoms with Crippen LogP contribution >= 0.6 is 0 Å². The number of hydrogen-bond donors (Lipinski definition) is 5. The number of benzene rings is 2. The number of carbonyl (C=O) groups is 5. The zero-order valence-corrected chi connectivity index (χ0v) is 30.5. The minimum absolute atomic E-state index is 0.0553. The normalized spacial score (nSPS) is 14.3. The van der Waals surface area contributed by atoms with E-state index in [1.165, 1.54) is 25.1 Å². The first-order chi connectivity index (χ1) is 24.8. The van der Waals surface area contributed by atoms with Crippen LogP contribution in [0.5, 0.6) is 5.75 Å². The summed E-state index contributed by atoms with van der Waals surface area (Å²) in [6.07, 6.45) is 1.06. The predicted molar refractivity (Wildman–Crippen MR) is 197 cm³/mol. The van der Waals surface area contributed by atoms with Crippen LogP contribution in [0.25, 0.3) is 11.6 Å². The molecule has 0 fully saturated rings. The van der Waals surface area contributed by atoms with Gasteiger partial charge in [0.25, 0.3) is 11.8 Å². The molecule has 2 heterocycles. The number of amides is 5. The average Bonchev–Trinajstić information content (AvgIpc) is 3.56. The van der Waals surface area contributed by atoms with Crippen molar-refractivity contribution in [2.75, 3.05) is 38.2 Å². The van der Waals surface area contributed by atoms with Crippen molar-refractivity contribution >= 4 is 46.9 Å². The molecule has 1 aromatic heterocycles. The van der Waals surface area contributed by atoms with E-state index in [4.69, 9.17) is 10.5 Å². The summed E-state index contributed by atoms with van der Waals surface area (Å²) in [5.74, 6) is -2.69. The third-order valence-corrected chi connectivity index (χ3v) is 9.09. The average molecular weight is 718 g/mol. The van der Waals surface area contributed by atoms with E-state index in [2.05, 4.69) is 39.7 Å². The first kappa shape index (κ1) is 39.4. The number of halogens is 1. The quantitative estimate of drug-likeness (QED) is 0.140. The van der Waals surface area contributed by atoms with Gasteiger partial charge in [-0.25, -0.2) is 9.29 Å². The molecule has 0 spiro atoms. The molecule has 0 saturated carbocycles. The van der Waals surface area contributed by atoms with Gasteiger partial charge in [-0.1, -0.05) is 26.0 Å². The lowest BCUT2D eigenvalue weighted by Gasteiger charge is -2.21. The number of hydrogen-bond acceptors (Lipinski definition) is 8. The molecule has 0 aliphatic carbocycles. The van der Waals surface area contributed by atoms with Gasteiger partial charge in [0.1, 0.15) is 17.6 Å². The van der Waals surface area contributed by atoms with Crippen LogP contribution in [0.3, 0.4) is 0 Å². The summed E-state index contributed by atoms with van der Waals surface area (Å²) in [4.78, 5) is 72.9. The Morgan fingerprint density at radius 1 is 1.04 bits per heavy atom. The number of nitrogens with two attached hydrogens (primary N) is 1. The lowest BCUT2D eigenvalue weighted by atomic mass is 10.0. The Labute approximate surface area is 303 Å². The molecule has 0 unspecified atom stereocenters. The molecule has 0 saturated heterocycles. The van der Waals surface area contributed by atoms with Crippen LogP contribution in [0.2, 0.25) is 0 Å². The van der Waals surface area contributed by atoms with E-state index >= 15 is 0 Å². The monoisotopic (exact) mass is 717 g/mol. The molecule has 2 atom stereocenters. The Balaban J connectivity index is 1.53. The van der Waals surface area contributed by atoms with Gasteiger partial charge in [-0.05, 0) is 87.8 Å². The molecule has 0 radical (unpaired) electrons. The van der Waals surface area contributed by atoms with Crippen molar-refractivity contribution in [3.05, 3.63) is 81.9 Å². The maximum absolute atomic E-state index is 14.6. The number of carbonyl (C=O) groups excluding carboxylic acids is 5. The fourth-order valence-corrected chi connectivity index (χ4v) is 6.02. The van der Waals surface area contributed by atoms with E-state index in [-0.39, 0.29) is 42.1 Å². The van der Waals surface area contributed by atoms with Crippen LogP contribution in [0.15, 0.2) is 42.5 Å². The smallest absolute Gasteiger partial charge is 0.265 e. The number of fused-ring (bicyclic) bond motifs is 1. The second-order valence-corrected chi connectivity index (χ2v) is 12.7. The molecule has 1 aliphatic heterocycles. The molecule has 2 aromatic carbocycles. The number of rotatable bonds is 16. The number of aromatic amines is 1. The highest BCUT2D eigenvalue weighted by molar-refractivity contribution is 6.42. The highest BCUT2D eigenvalue weighted by atomic mass is 19.1. The summed E-state index contributed by atoms with van der Waals surface area (Å²) < 4.78 is 19.7. The Morgan fingerprint density at radius 3 is 2.37 bits per heavy atom. The van der Waals surface area contributed by atoms with Crippen LogP contribution in [0, 0.1) is 19.7 Å². The van der Waals surface area contributed by atoms with Gasteiger partial charge in [-0.3, -0.25) is 24.0 Å². The van der Waals surface area contributed by atoms with E-state index in [1.807, 2.05) is 0 Å². The molecule has 4 rings (SSSR count). The molecule has 1 aliphatic rings. The van der Waals surface area contributed by atoms with Gasteiger partial charge in [-0.15, -0.1) is 0 Å². The molecule has 5 amide bonds. The maximum Gasteiger partial charge on any atom is 0.265 e. The minimum Gasteiger partial charge on any atom is -0.497 e. The first-order valence-electron chi connectivity index (χ1n) is 17.3. The lowest BCUT2D eigenvalue weighted by molar-refractivity contribution is -0.130. The van der Waals surface area contributed by atoms with Gasteiger partial charge in [0.2, 0.25) is 17.7 Å². The molecule has 13 nitrogen and oxygen atoms in total. The Morgan fingerprint density at radius 2 is 1.73 bits per heavy atom. The molecule has 14 heteroatoms. The topological polar surface area (TPSA) is 179 Å². The summed E-state index contributed by atoms with van der Waals surface area (Å²) in [7, 11) is 1.55. The van der Waals surface area contributed by atoms with Crippen LogP contribution < -0.4 is 31.3 Å². The number of aryl methyl sites for hydroxylation is 1. The standard InChI is InChI=1S/C38H48FN7O6/c1-7-45(8-2)18-17-41-37(50)34-22(3)31(43-24(34)5)20-29-28-19-26(39)11-15-32(28)46(38(29)51)33(47)16-14-30(44-35(48)23(4)40)36(49)42-21-25-9-12-27(52-6)13-10-25/h9-13,15,19-20,23,30,43H,7-8,14,16-18,21,40H2,1-6H3,(H,41,50)(H,42,49)(H,44,48)/b29-20-/t23-,30+/m1/s1. The van der Waals surface area contributed by atoms with Gasteiger partial charge in [0, 0.05) is 43.0 Å². The third-order valence-electron chi connectivity index (χ3n) is 9.09. The predicted octanol–water partition coefficient (Wildman–Crippen LogP) is 3.19. The Kier molecular flexibility index (Phi) is 13.5. The van der Waals surface area contributed by atoms with Crippen LogP contribution in [0.1, 0.15) is 72.0 Å². The fourth-order valence-electron chi connectivity index (χ4n) is 6.02. The van der Waals surface area contributed by atoms with E-state index < -0.39 is 41.5 Å². The number of H-pyrrole nitrogens is 1. The van der Waals surface area contributed by atoms with E-state index in [9.17, 15) is 28.4 Å². The molecule has 3 aromatic rings. The zero-order valence-electron chi connectivity index (χ0n) is 30.5. The summed E-state index contributed by atoms with van der Waals surface area (Å²) in [6, 6.07) is 8.68. The number of ether oxygens (including phenoxy) is 1. The Hall–Kier alpha value is -5.34. The SMILES string of the molecule is CCN(CC)CCNC(=O)c1c(C)[nH]c(/C=C2\C(=O)N(C(=O)CC[C@H](NC(=O)[C@@H](C)N)C(=O)NCc3ccc(OC)cc3)c3ccc(F)cc32)c1C. The number of methoxy groups -OCH3 is 1. The molecular weight excluding hydrogens is 669 g/mol. The van der Waals surface area contributed by atoms with Crippen LogP contribution in [-0.4, -0.2) is 84.8 Å². The molecular formula is C38H48FN7O6. The second-order valence-electron chi connectivity index (χ2n) is 12.7. The van der Waals surface area contributed by atoms with E-state index in [0.29, 0.717) is 41.4 Å². The van der Waals surface area contributed by atoms with E-state index in [0.717, 1.165) is 29.6 Å². The van der Waals surface area contributed by atoms with Gasteiger partial charge in [0.05, 0.1) is 30.0 Å². The summed E-state index contributed by atoms with van der Waals surface area (Å²) in [5.41, 5.74) is 9.04. The van der Waals surface area contributed by atoms with Crippen molar-refractivity contribution in [1.82, 2.24) is 25.8 Å². The summed E-state index contributed by atoms with van der Waals surface area (Å²) >= 11 is 0. The fraction of sp³-hybridized carbons (Fsp3) is 0.395. The van der Waals surface area contributed by atoms with E-state index in [1.54, 1.807) is 45.2 Å². The Bertz CT molecular complexity index is 1830. The maximum atomic E-state index is 14.6. The van der Waals surface area contributed by atoms with Crippen molar-refractivity contribution < 1.29 is 33.1 Å². The lowest BCUT2D eigenvalue weighted by Crippen LogP contribution is -2.51. The van der Waals surface area contributed by atoms with Gasteiger partial charge in [0.15, 0.2) is 0 Å². The molecule has 278 valence electrons. The summed E-state index contributed by atoms with van der Waals surface area (Å²) in [5, 5.41) is 8.31. The molecule has 0 bridgehead atoms. The van der Waals surface area contributed by atoms with Crippen molar-refractivity contribution in [2.24, 2.45) is 5.73 Å². The number of imide groups is 1. The second kappa shape index (κ2) is 17.7. The van der Waals surface area contributed by atoms with Crippen LogP contribution in [-0.2, 0) is 25.7 Å². The molecule has 6 N–H and O–H groups in total. The number of anilines is 1. The van der Waals surface area contributed by atoms with Gasteiger partial charge >= 0.3 is 0 Å². The number of likely N-dealkylation sites (N-methyl/N-ethyl adjacent to an activating group) is 1. The molecule has 52 heavy (non-hydrogen) atoms. The van der Waals surface area contributed by atoms with Crippen molar-refractivity contribution in [2.45, 2.75) is 66.1 Å². The van der Waals surface area contributed by atoms with Crippen LogP contribution in [0.4, 0.5) is 10.1 Å². The summed E-state index contributed by atoms with van der Waals surface area (Å²) in [6.45, 7) is 12.1. The highest BCUT2D eigenvalue weighted by Crippen LogP contribution is 2.39. The first-order valence-corrected chi connectivity index (χ1v) is 17.3. The highest BCUT2D eigenvalue weighted by Gasteiger charge is 2.38. The van der Waals surface area contributed by atoms with Crippen molar-refractivity contribution in [1.29, 1.82) is 0 Å². The van der Waals surface area contributed by atoms with Crippen molar-refractivity contribution in [3.63, 3.8) is 0 Å². The zero-order chi connectivity index (χ0) is 38.1. The van der Waals surface area contributed by atoms with Gasteiger partial charge in [-0.2, -0.15) is 0 Å². The van der Waals surface area contributed by atoms with Crippen molar-refractivity contribution in [3.8, 4) is 5.75 Å².